The molecule has 0 saturated carbocycles. The number of carboxylic acids is 1. The zero-order valence-corrected chi connectivity index (χ0v) is 10.1. The third-order valence-electron chi connectivity index (χ3n) is 2.41. The molecule has 0 aliphatic heterocycles. The number of benzene rings is 1. The highest BCUT2D eigenvalue weighted by Crippen LogP contribution is 2.27. The maximum Gasteiger partial charge on any atom is 0.352 e. The second-order valence-electron chi connectivity index (χ2n) is 3.53. The van der Waals surface area contributed by atoms with Crippen LogP contribution in [0.15, 0.2) is 30.5 Å². The van der Waals surface area contributed by atoms with Crippen LogP contribution >= 0.6 is 11.6 Å². The van der Waals surface area contributed by atoms with E-state index >= 15 is 0 Å². The molecule has 0 bridgehead atoms. The summed E-state index contributed by atoms with van der Waals surface area (Å²) in [6, 6.07) is 5.13. The summed E-state index contributed by atoms with van der Waals surface area (Å²) in [4.78, 5) is 11.1. The third-order valence-corrected chi connectivity index (χ3v) is 2.61. The highest BCUT2D eigenvalue weighted by atomic mass is 35.5. The van der Waals surface area contributed by atoms with Crippen molar-refractivity contribution in [2.75, 3.05) is 7.11 Å². The van der Waals surface area contributed by atoms with Gasteiger partial charge in [-0.25, -0.2) is 9.18 Å². The Morgan fingerprint density at radius 1 is 1.44 bits per heavy atom. The average Bonchev–Trinajstić information content (AvgIpc) is 2.71. The number of aromatic nitrogens is 1. The number of ether oxygens (including phenoxy) is 1. The summed E-state index contributed by atoms with van der Waals surface area (Å²) >= 11 is 5.79. The van der Waals surface area contributed by atoms with Gasteiger partial charge in [-0.2, -0.15) is 0 Å². The lowest BCUT2D eigenvalue weighted by Crippen LogP contribution is -2.07. The average molecular weight is 270 g/mol. The first-order chi connectivity index (χ1) is 8.52. The first-order valence-corrected chi connectivity index (χ1v) is 5.36. The van der Waals surface area contributed by atoms with Gasteiger partial charge in [-0.15, -0.1) is 0 Å². The lowest BCUT2D eigenvalue weighted by Gasteiger charge is -2.11. The Labute approximate surface area is 107 Å². The van der Waals surface area contributed by atoms with Gasteiger partial charge >= 0.3 is 5.97 Å². The predicted molar refractivity (Wildman–Crippen MR) is 64.2 cm³/mol. The van der Waals surface area contributed by atoms with Gasteiger partial charge in [0.1, 0.15) is 17.3 Å². The molecule has 18 heavy (non-hydrogen) atoms. The van der Waals surface area contributed by atoms with Crippen molar-refractivity contribution in [3.63, 3.8) is 0 Å². The number of halogens is 2. The molecule has 1 aromatic carbocycles. The van der Waals surface area contributed by atoms with E-state index in [4.69, 9.17) is 21.4 Å². The Morgan fingerprint density at radius 2 is 2.17 bits per heavy atom. The summed E-state index contributed by atoms with van der Waals surface area (Å²) in [6.45, 7) is 0. The number of nitrogens with zero attached hydrogens (tertiary/aromatic N) is 1. The van der Waals surface area contributed by atoms with Gasteiger partial charge in [-0.05, 0) is 18.2 Å². The second kappa shape index (κ2) is 4.70. The Morgan fingerprint density at radius 3 is 2.78 bits per heavy atom. The van der Waals surface area contributed by atoms with Crippen LogP contribution in [0, 0.1) is 5.82 Å². The molecule has 0 spiro atoms. The van der Waals surface area contributed by atoms with E-state index in [1.807, 2.05) is 0 Å². The predicted octanol–water partition coefficient (Wildman–Crippen LogP) is 2.98. The van der Waals surface area contributed by atoms with Gasteiger partial charge in [-0.3, -0.25) is 0 Å². The van der Waals surface area contributed by atoms with E-state index < -0.39 is 11.8 Å². The normalized spacial score (nSPS) is 10.4. The molecule has 0 fully saturated rings. The van der Waals surface area contributed by atoms with Crippen molar-refractivity contribution in [2.45, 2.75) is 0 Å². The van der Waals surface area contributed by atoms with Gasteiger partial charge in [-0.1, -0.05) is 11.6 Å². The molecule has 2 rings (SSSR count). The molecular formula is C12H9ClFNO3. The van der Waals surface area contributed by atoms with Crippen LogP contribution in [-0.4, -0.2) is 22.8 Å². The summed E-state index contributed by atoms with van der Waals surface area (Å²) < 4.78 is 19.4. The van der Waals surface area contributed by atoms with Crippen molar-refractivity contribution >= 4 is 17.6 Å². The molecule has 94 valence electrons. The molecule has 1 heterocycles. The van der Waals surface area contributed by atoms with E-state index in [1.54, 1.807) is 0 Å². The van der Waals surface area contributed by atoms with Crippen molar-refractivity contribution in [3.8, 4) is 11.4 Å². The van der Waals surface area contributed by atoms with Crippen LogP contribution in [0.5, 0.6) is 5.75 Å². The highest BCUT2D eigenvalue weighted by Gasteiger charge is 2.16. The number of hydrogen-bond acceptors (Lipinski definition) is 2. The first kappa shape index (κ1) is 12.4. The molecule has 6 heteroatoms. The number of carbonyl (C=O) groups is 1. The molecule has 0 unspecified atom stereocenters. The molecule has 0 atom stereocenters. The molecule has 0 aliphatic rings. The Kier molecular flexibility index (Phi) is 3.25. The van der Waals surface area contributed by atoms with E-state index in [0.717, 1.165) is 0 Å². The zero-order chi connectivity index (χ0) is 13.3. The highest BCUT2D eigenvalue weighted by molar-refractivity contribution is 6.31. The first-order valence-electron chi connectivity index (χ1n) is 4.98. The molecular weight excluding hydrogens is 261 g/mol. The largest absolute Gasteiger partial charge is 0.494 e. The van der Waals surface area contributed by atoms with Crippen LogP contribution in [-0.2, 0) is 0 Å². The number of carboxylic acid groups (broad SMARTS) is 1. The Hall–Kier alpha value is -2.01. The van der Waals surface area contributed by atoms with E-state index in [9.17, 15) is 9.18 Å². The Balaban J connectivity index is 2.65. The van der Waals surface area contributed by atoms with Crippen LogP contribution in [0.2, 0.25) is 5.02 Å². The fourth-order valence-electron chi connectivity index (χ4n) is 1.64. The summed E-state index contributed by atoms with van der Waals surface area (Å²) in [6.07, 6.45) is 1.43. The number of aromatic carboxylic acids is 1. The van der Waals surface area contributed by atoms with Gasteiger partial charge in [0, 0.05) is 12.3 Å². The van der Waals surface area contributed by atoms with Gasteiger partial charge < -0.3 is 14.4 Å². The monoisotopic (exact) mass is 269 g/mol. The maximum atomic E-state index is 13.1. The molecule has 0 amide bonds. The zero-order valence-electron chi connectivity index (χ0n) is 9.35. The van der Waals surface area contributed by atoms with E-state index in [-0.39, 0.29) is 16.5 Å². The summed E-state index contributed by atoms with van der Waals surface area (Å²) in [5.41, 5.74) is 0.383. The number of rotatable bonds is 3. The van der Waals surface area contributed by atoms with Gasteiger partial charge in [0.2, 0.25) is 0 Å². The van der Waals surface area contributed by atoms with Crippen molar-refractivity contribution in [1.29, 1.82) is 0 Å². The van der Waals surface area contributed by atoms with E-state index in [1.165, 1.54) is 42.1 Å². The second-order valence-corrected chi connectivity index (χ2v) is 3.97. The van der Waals surface area contributed by atoms with Crippen LogP contribution in [0.25, 0.3) is 5.69 Å². The topological polar surface area (TPSA) is 51.5 Å². The van der Waals surface area contributed by atoms with E-state index in [0.29, 0.717) is 5.69 Å². The van der Waals surface area contributed by atoms with E-state index in [2.05, 4.69) is 0 Å². The molecule has 0 saturated heterocycles. The molecule has 1 aromatic heterocycles. The summed E-state index contributed by atoms with van der Waals surface area (Å²) in [5.74, 6) is -1.37. The van der Waals surface area contributed by atoms with Crippen molar-refractivity contribution in [2.24, 2.45) is 0 Å². The maximum absolute atomic E-state index is 13.1. The fraction of sp³-hybridized carbons (Fsp3) is 0.0833. The van der Waals surface area contributed by atoms with Crippen LogP contribution in [0.1, 0.15) is 10.5 Å². The standard InChI is InChI=1S/C12H9ClFNO3/c1-18-11-5-8(14)2-3-9(11)15-6-7(13)4-10(15)12(16)17/h2-6H,1H3,(H,16,17). The van der Waals surface area contributed by atoms with Crippen molar-refractivity contribution < 1.29 is 19.0 Å². The minimum atomic E-state index is -1.13. The van der Waals surface area contributed by atoms with Gasteiger partial charge in [0.15, 0.2) is 0 Å². The lowest BCUT2D eigenvalue weighted by atomic mass is 10.2. The van der Waals surface area contributed by atoms with Crippen LogP contribution in [0.4, 0.5) is 4.39 Å². The van der Waals surface area contributed by atoms with Crippen molar-refractivity contribution in [3.05, 3.63) is 47.0 Å². The molecule has 0 radical (unpaired) electrons. The van der Waals surface area contributed by atoms with Crippen molar-refractivity contribution in [1.82, 2.24) is 4.57 Å². The minimum Gasteiger partial charge on any atom is -0.494 e. The molecule has 0 aliphatic carbocycles. The Bertz CT molecular complexity index is 609. The third kappa shape index (κ3) is 2.17. The summed E-state index contributed by atoms with van der Waals surface area (Å²) in [5, 5.41) is 9.34. The smallest absolute Gasteiger partial charge is 0.352 e. The van der Waals surface area contributed by atoms with Gasteiger partial charge in [0.25, 0.3) is 0 Å². The minimum absolute atomic E-state index is 0.0232. The number of methoxy groups -OCH3 is 1. The van der Waals surface area contributed by atoms with Crippen LogP contribution in [0.3, 0.4) is 0 Å². The number of hydrogen-bond donors (Lipinski definition) is 1. The van der Waals surface area contributed by atoms with Crippen LogP contribution < -0.4 is 4.74 Å². The quantitative estimate of drug-likeness (QED) is 0.932. The molecule has 4 nitrogen and oxygen atoms in total. The lowest BCUT2D eigenvalue weighted by molar-refractivity contribution is 0.0688. The molecule has 2 aromatic rings. The fourth-order valence-corrected chi connectivity index (χ4v) is 1.85. The summed E-state index contributed by atoms with van der Waals surface area (Å²) in [7, 11) is 1.38. The van der Waals surface area contributed by atoms with Gasteiger partial charge in [0.05, 0.1) is 17.8 Å². The SMILES string of the molecule is COc1cc(F)ccc1-n1cc(Cl)cc1C(=O)O. The molecule has 1 N–H and O–H groups in total.